The first-order chi connectivity index (χ1) is 9.65. The maximum atomic E-state index is 12.7. The summed E-state index contributed by atoms with van der Waals surface area (Å²) in [6, 6.07) is 6.26. The molecule has 2 unspecified atom stereocenters. The third-order valence-corrected chi connectivity index (χ3v) is 4.42. The van der Waals surface area contributed by atoms with Gasteiger partial charge in [-0.15, -0.1) is 0 Å². The van der Waals surface area contributed by atoms with Crippen LogP contribution in [0.3, 0.4) is 0 Å². The van der Waals surface area contributed by atoms with Crippen molar-refractivity contribution in [3.8, 4) is 0 Å². The Morgan fingerprint density at radius 3 is 2.70 bits per heavy atom. The maximum Gasteiger partial charge on any atom is 0.254 e. The Balaban J connectivity index is 1.80. The molecule has 20 heavy (non-hydrogen) atoms. The Hall–Kier alpha value is -1.71. The van der Waals surface area contributed by atoms with Crippen LogP contribution in [0, 0.1) is 5.92 Å². The molecule has 2 heterocycles. The van der Waals surface area contributed by atoms with E-state index < -0.39 is 0 Å². The predicted molar refractivity (Wildman–Crippen MR) is 82.3 cm³/mol. The van der Waals surface area contributed by atoms with Crippen LogP contribution in [0.15, 0.2) is 18.2 Å². The predicted octanol–water partition coefficient (Wildman–Crippen LogP) is 2.78. The number of carbonyl (C=O) groups excluding carboxylic acids is 1. The normalized spacial score (nSPS) is 25.4. The maximum absolute atomic E-state index is 12.7. The minimum absolute atomic E-state index is 0.166. The number of nitrogens with zero attached hydrogens (tertiary/aromatic N) is 1. The lowest BCUT2D eigenvalue weighted by atomic mass is 9.93. The van der Waals surface area contributed by atoms with E-state index in [0.717, 1.165) is 55.3 Å². The molecule has 4 nitrogen and oxygen atoms in total. The van der Waals surface area contributed by atoms with Gasteiger partial charge in [-0.05, 0) is 43.9 Å². The molecule has 0 radical (unpaired) electrons. The number of fused-ring (bicyclic) bond motifs is 1. The zero-order chi connectivity index (χ0) is 14.1. The fourth-order valence-electron chi connectivity index (χ4n) is 3.25. The van der Waals surface area contributed by atoms with Gasteiger partial charge in [0.05, 0.1) is 11.4 Å². The lowest BCUT2D eigenvalue weighted by molar-refractivity contribution is 0.0588. The number of amides is 1. The largest absolute Gasteiger partial charge is 0.382 e. The molecular formula is C16H23N3O. The molecule has 2 aliphatic rings. The Morgan fingerprint density at radius 1 is 1.20 bits per heavy atom. The van der Waals surface area contributed by atoms with Crippen LogP contribution in [-0.2, 0) is 0 Å². The molecule has 2 N–H and O–H groups in total. The van der Waals surface area contributed by atoms with Crippen LogP contribution < -0.4 is 10.6 Å². The first-order valence-corrected chi connectivity index (χ1v) is 7.58. The molecule has 2 atom stereocenters. The summed E-state index contributed by atoms with van der Waals surface area (Å²) in [5, 5.41) is 6.68. The van der Waals surface area contributed by atoms with Gasteiger partial charge in [-0.3, -0.25) is 4.79 Å². The second-order valence-corrected chi connectivity index (χ2v) is 6.09. The number of anilines is 2. The summed E-state index contributed by atoms with van der Waals surface area (Å²) < 4.78 is 0. The molecule has 1 aromatic rings. The molecule has 1 fully saturated rings. The first kappa shape index (κ1) is 13.3. The van der Waals surface area contributed by atoms with Gasteiger partial charge < -0.3 is 15.5 Å². The summed E-state index contributed by atoms with van der Waals surface area (Å²) in [7, 11) is 0. The molecule has 0 aromatic heterocycles. The molecule has 3 rings (SSSR count). The SMILES string of the molecule is CC1CCN(C(=O)c2ccc3c(c2)NCCN3)C(C)C1. The second kappa shape index (κ2) is 5.35. The van der Waals surface area contributed by atoms with Crippen molar-refractivity contribution in [1.82, 2.24) is 4.90 Å². The van der Waals surface area contributed by atoms with E-state index >= 15 is 0 Å². The Labute approximate surface area is 120 Å². The van der Waals surface area contributed by atoms with Crippen molar-refractivity contribution < 1.29 is 4.79 Å². The monoisotopic (exact) mass is 273 g/mol. The van der Waals surface area contributed by atoms with Crippen LogP contribution in [0.1, 0.15) is 37.0 Å². The van der Waals surface area contributed by atoms with E-state index in [2.05, 4.69) is 24.5 Å². The van der Waals surface area contributed by atoms with Gasteiger partial charge >= 0.3 is 0 Å². The molecule has 2 aliphatic heterocycles. The molecule has 0 bridgehead atoms. The van der Waals surface area contributed by atoms with Crippen molar-refractivity contribution in [3.05, 3.63) is 23.8 Å². The topological polar surface area (TPSA) is 44.4 Å². The zero-order valence-corrected chi connectivity index (χ0v) is 12.3. The summed E-state index contributed by atoms with van der Waals surface area (Å²) >= 11 is 0. The van der Waals surface area contributed by atoms with Crippen molar-refractivity contribution in [2.75, 3.05) is 30.3 Å². The summed E-state index contributed by atoms with van der Waals surface area (Å²) in [5.41, 5.74) is 2.93. The van der Waals surface area contributed by atoms with Crippen molar-refractivity contribution >= 4 is 17.3 Å². The molecule has 0 saturated carbocycles. The molecule has 1 amide bonds. The first-order valence-electron chi connectivity index (χ1n) is 7.58. The van der Waals surface area contributed by atoms with E-state index in [1.54, 1.807) is 0 Å². The van der Waals surface area contributed by atoms with Crippen LogP contribution in [-0.4, -0.2) is 36.5 Å². The van der Waals surface area contributed by atoms with Crippen molar-refractivity contribution in [3.63, 3.8) is 0 Å². The van der Waals surface area contributed by atoms with Gasteiger partial charge in [-0.1, -0.05) is 6.92 Å². The van der Waals surface area contributed by atoms with E-state index in [-0.39, 0.29) is 5.91 Å². The van der Waals surface area contributed by atoms with Gasteiger partial charge in [0.25, 0.3) is 5.91 Å². The second-order valence-electron chi connectivity index (χ2n) is 6.09. The number of hydrogen-bond acceptors (Lipinski definition) is 3. The van der Waals surface area contributed by atoms with Crippen LogP contribution in [0.25, 0.3) is 0 Å². The number of likely N-dealkylation sites (tertiary alicyclic amines) is 1. The third kappa shape index (κ3) is 2.47. The third-order valence-electron chi connectivity index (χ3n) is 4.42. The Bertz CT molecular complexity index is 514. The van der Waals surface area contributed by atoms with Crippen LogP contribution in [0.4, 0.5) is 11.4 Å². The number of hydrogen-bond donors (Lipinski definition) is 2. The molecular weight excluding hydrogens is 250 g/mol. The van der Waals surface area contributed by atoms with E-state index in [0.29, 0.717) is 6.04 Å². The number of carbonyl (C=O) groups is 1. The number of piperidine rings is 1. The van der Waals surface area contributed by atoms with Gasteiger partial charge in [0.2, 0.25) is 0 Å². The van der Waals surface area contributed by atoms with Gasteiger partial charge in [0, 0.05) is 31.2 Å². The average Bonchev–Trinajstić information content (AvgIpc) is 2.46. The Kier molecular flexibility index (Phi) is 3.55. The zero-order valence-electron chi connectivity index (χ0n) is 12.3. The number of benzene rings is 1. The van der Waals surface area contributed by atoms with E-state index in [9.17, 15) is 4.79 Å². The summed E-state index contributed by atoms with van der Waals surface area (Å²) in [4.78, 5) is 14.7. The number of nitrogens with one attached hydrogen (secondary N) is 2. The summed E-state index contributed by atoms with van der Waals surface area (Å²) in [6.07, 6.45) is 2.22. The number of rotatable bonds is 1. The van der Waals surface area contributed by atoms with Gasteiger partial charge in [0.1, 0.15) is 0 Å². The minimum Gasteiger partial charge on any atom is -0.382 e. The smallest absolute Gasteiger partial charge is 0.254 e. The lowest BCUT2D eigenvalue weighted by Gasteiger charge is -2.36. The molecule has 0 spiro atoms. The fourth-order valence-corrected chi connectivity index (χ4v) is 3.25. The standard InChI is InChI=1S/C16H23N3O/c1-11-5-8-19(12(2)9-11)16(20)13-3-4-14-15(10-13)18-7-6-17-14/h3-4,10-12,17-18H,5-9H2,1-2H3. The molecule has 1 saturated heterocycles. The van der Waals surface area contributed by atoms with Gasteiger partial charge in [-0.25, -0.2) is 0 Å². The molecule has 0 aliphatic carbocycles. The van der Waals surface area contributed by atoms with Gasteiger partial charge in [0.15, 0.2) is 0 Å². The average molecular weight is 273 g/mol. The quantitative estimate of drug-likeness (QED) is 0.827. The highest BCUT2D eigenvalue weighted by molar-refractivity contribution is 5.96. The molecule has 4 heteroatoms. The minimum atomic E-state index is 0.166. The lowest BCUT2D eigenvalue weighted by Crippen LogP contribution is -2.44. The van der Waals surface area contributed by atoms with Gasteiger partial charge in [-0.2, -0.15) is 0 Å². The fraction of sp³-hybridized carbons (Fsp3) is 0.562. The highest BCUT2D eigenvalue weighted by Gasteiger charge is 2.27. The van der Waals surface area contributed by atoms with Crippen LogP contribution >= 0.6 is 0 Å². The molecule has 108 valence electrons. The van der Waals surface area contributed by atoms with E-state index in [1.807, 2.05) is 23.1 Å². The summed E-state index contributed by atoms with van der Waals surface area (Å²) in [5.74, 6) is 0.892. The van der Waals surface area contributed by atoms with Crippen molar-refractivity contribution in [1.29, 1.82) is 0 Å². The Morgan fingerprint density at radius 2 is 1.95 bits per heavy atom. The summed E-state index contributed by atoms with van der Waals surface area (Å²) in [6.45, 7) is 7.14. The van der Waals surface area contributed by atoms with Crippen LogP contribution in [0.5, 0.6) is 0 Å². The van der Waals surface area contributed by atoms with Crippen molar-refractivity contribution in [2.45, 2.75) is 32.7 Å². The van der Waals surface area contributed by atoms with Crippen molar-refractivity contribution in [2.24, 2.45) is 5.92 Å². The molecule has 1 aromatic carbocycles. The van der Waals surface area contributed by atoms with E-state index in [1.165, 1.54) is 0 Å². The highest BCUT2D eigenvalue weighted by atomic mass is 16.2. The highest BCUT2D eigenvalue weighted by Crippen LogP contribution is 2.28. The van der Waals surface area contributed by atoms with Crippen LogP contribution in [0.2, 0.25) is 0 Å². The van der Waals surface area contributed by atoms with E-state index in [4.69, 9.17) is 0 Å².